The van der Waals surface area contributed by atoms with Gasteiger partial charge in [0.05, 0.1) is 0 Å². The fourth-order valence-electron chi connectivity index (χ4n) is 7.66. The molecular weight excluding hydrogens is 901 g/mol. The molecule has 0 aliphatic carbocycles. The van der Waals surface area contributed by atoms with Crippen molar-refractivity contribution in [3.8, 4) is 0 Å². The molecule has 1 atom stereocenters. The highest BCUT2D eigenvalue weighted by Gasteiger charge is 2.19. The van der Waals surface area contributed by atoms with Crippen LogP contribution < -0.4 is 0 Å². The average Bonchev–Trinajstić information content (AvgIpc) is 3.39. The lowest BCUT2D eigenvalue weighted by Gasteiger charge is -2.18. The average molecular weight is 1010 g/mol. The van der Waals surface area contributed by atoms with Gasteiger partial charge in [-0.15, -0.1) is 0 Å². The lowest BCUT2D eigenvalue weighted by molar-refractivity contribution is -0.167. The van der Waals surface area contributed by atoms with E-state index in [1.807, 2.05) is 0 Å². The van der Waals surface area contributed by atoms with Gasteiger partial charge in [0.15, 0.2) is 6.10 Å². The van der Waals surface area contributed by atoms with Crippen LogP contribution in [0.3, 0.4) is 0 Å². The van der Waals surface area contributed by atoms with Crippen LogP contribution in [-0.4, -0.2) is 37.2 Å². The summed E-state index contributed by atoms with van der Waals surface area (Å²) in [5.74, 6) is -0.977. The first-order valence-electron chi connectivity index (χ1n) is 29.7. The van der Waals surface area contributed by atoms with Crippen molar-refractivity contribution in [2.24, 2.45) is 0 Å². The van der Waals surface area contributed by atoms with Gasteiger partial charge in [0, 0.05) is 19.3 Å². The Labute approximate surface area is 449 Å². The van der Waals surface area contributed by atoms with Crippen LogP contribution in [0.25, 0.3) is 0 Å². The van der Waals surface area contributed by atoms with E-state index in [0.29, 0.717) is 25.7 Å². The zero-order chi connectivity index (χ0) is 52.9. The summed E-state index contributed by atoms with van der Waals surface area (Å²) in [6.45, 7) is 6.42. The van der Waals surface area contributed by atoms with Crippen LogP contribution in [0.15, 0.2) is 134 Å². The van der Waals surface area contributed by atoms with E-state index in [9.17, 15) is 14.4 Å². The Morgan fingerprint density at radius 3 is 0.904 bits per heavy atom. The second kappa shape index (κ2) is 60.1. The topological polar surface area (TPSA) is 78.9 Å². The molecule has 0 aliphatic rings. The minimum Gasteiger partial charge on any atom is -0.462 e. The fourth-order valence-corrected chi connectivity index (χ4v) is 7.66. The molecule has 0 N–H and O–H groups in total. The van der Waals surface area contributed by atoms with E-state index in [1.54, 1.807) is 0 Å². The third-order valence-corrected chi connectivity index (χ3v) is 12.1. The molecule has 0 aromatic carbocycles. The standard InChI is InChI=1S/C67H108O6/c1-4-7-10-13-16-19-22-25-27-29-30-31-32-33-34-35-36-37-38-39-41-42-45-48-51-54-57-60-66(69)72-63-64(62-71-65(68)59-56-53-50-47-44-24-21-18-15-12-9-6-3)73-67(70)61-58-55-52-49-46-43-40-28-26-23-20-17-14-11-8-5-2/h7,10,16,18-21,23,25,27-28,30-31,33-34,36-37,39-41,45,48,64H,4-6,8-9,11-15,17,22,24,26,29,32,35,38,42-44,46-47,49-63H2,1-3H3/b10-7-,19-16-,21-18-,23-20-,27-25-,31-30-,34-33-,37-36-,40-28-,41-39-,48-45-. The van der Waals surface area contributed by atoms with Crippen molar-refractivity contribution in [1.82, 2.24) is 0 Å². The molecule has 6 heteroatoms. The number of hydrogen-bond acceptors (Lipinski definition) is 6. The lowest BCUT2D eigenvalue weighted by Crippen LogP contribution is -2.30. The van der Waals surface area contributed by atoms with Gasteiger partial charge >= 0.3 is 17.9 Å². The lowest BCUT2D eigenvalue weighted by atomic mass is 10.1. The maximum absolute atomic E-state index is 12.8. The molecule has 0 heterocycles. The van der Waals surface area contributed by atoms with Gasteiger partial charge in [-0.2, -0.15) is 0 Å². The fraction of sp³-hybridized carbons (Fsp3) is 0.627. The maximum Gasteiger partial charge on any atom is 0.306 e. The maximum atomic E-state index is 12.8. The number of carbonyl (C=O) groups is 3. The van der Waals surface area contributed by atoms with Crippen LogP contribution >= 0.6 is 0 Å². The largest absolute Gasteiger partial charge is 0.462 e. The predicted molar refractivity (Wildman–Crippen MR) is 316 cm³/mol. The molecule has 0 fully saturated rings. The van der Waals surface area contributed by atoms with E-state index in [1.165, 1.54) is 64.2 Å². The summed E-state index contributed by atoms with van der Waals surface area (Å²) in [5, 5.41) is 0. The number of hydrogen-bond donors (Lipinski definition) is 0. The molecule has 0 amide bonds. The Balaban J connectivity index is 4.45. The van der Waals surface area contributed by atoms with Crippen LogP contribution in [0.2, 0.25) is 0 Å². The van der Waals surface area contributed by atoms with Gasteiger partial charge < -0.3 is 14.2 Å². The molecule has 0 saturated carbocycles. The summed E-state index contributed by atoms with van der Waals surface area (Å²) in [6, 6.07) is 0. The van der Waals surface area contributed by atoms with Crippen LogP contribution in [-0.2, 0) is 28.6 Å². The molecule has 412 valence electrons. The normalized spacial score (nSPS) is 13.1. The Morgan fingerprint density at radius 1 is 0.288 bits per heavy atom. The third kappa shape index (κ3) is 58.3. The van der Waals surface area contributed by atoms with Crippen LogP contribution in [0.5, 0.6) is 0 Å². The molecule has 0 saturated heterocycles. The third-order valence-electron chi connectivity index (χ3n) is 12.1. The number of carbonyl (C=O) groups excluding carboxylic acids is 3. The van der Waals surface area contributed by atoms with Gasteiger partial charge in [-0.05, 0) is 141 Å². The number of allylic oxidation sites excluding steroid dienone is 22. The van der Waals surface area contributed by atoms with Gasteiger partial charge in [-0.25, -0.2) is 0 Å². The minimum absolute atomic E-state index is 0.106. The van der Waals surface area contributed by atoms with Crippen LogP contribution in [0.4, 0.5) is 0 Å². The molecule has 0 aliphatic heterocycles. The van der Waals surface area contributed by atoms with Gasteiger partial charge in [0.1, 0.15) is 13.2 Å². The monoisotopic (exact) mass is 1010 g/mol. The first kappa shape index (κ1) is 68.6. The Hall–Kier alpha value is -4.45. The van der Waals surface area contributed by atoms with Crippen molar-refractivity contribution >= 4 is 17.9 Å². The molecule has 1 unspecified atom stereocenters. The Bertz CT molecular complexity index is 1580. The first-order valence-corrected chi connectivity index (χ1v) is 29.7. The van der Waals surface area contributed by atoms with Gasteiger partial charge in [-0.1, -0.05) is 225 Å². The van der Waals surface area contributed by atoms with E-state index in [2.05, 4.69) is 154 Å². The van der Waals surface area contributed by atoms with Crippen molar-refractivity contribution in [2.45, 2.75) is 258 Å². The molecular formula is C67H108O6. The number of ether oxygens (including phenoxy) is 3. The summed E-state index contributed by atoms with van der Waals surface area (Å²) in [4.78, 5) is 38.1. The van der Waals surface area contributed by atoms with Crippen molar-refractivity contribution in [1.29, 1.82) is 0 Å². The van der Waals surface area contributed by atoms with E-state index in [0.717, 1.165) is 141 Å². The zero-order valence-electron chi connectivity index (χ0n) is 47.1. The Morgan fingerprint density at radius 2 is 0.534 bits per heavy atom. The van der Waals surface area contributed by atoms with Gasteiger partial charge in [-0.3, -0.25) is 14.4 Å². The number of rotatable bonds is 52. The minimum atomic E-state index is -0.812. The van der Waals surface area contributed by atoms with Gasteiger partial charge in [0.25, 0.3) is 0 Å². The molecule has 6 nitrogen and oxygen atoms in total. The summed E-state index contributed by atoms with van der Waals surface area (Å²) < 4.78 is 16.8. The van der Waals surface area contributed by atoms with Gasteiger partial charge in [0.2, 0.25) is 0 Å². The SMILES string of the molecule is CC/C=C\C/C=C\C/C=C\C/C=C\C/C=C\C/C=C\C/C=C\C/C=C\CCCCC(=O)OCC(COC(=O)CCCCCCC/C=C\CCCCC)OC(=O)CCCCCCC/C=C\C/C=C\CCCCCC. The van der Waals surface area contributed by atoms with Crippen LogP contribution in [0, 0.1) is 0 Å². The Kier molecular flexibility index (Phi) is 56.4. The summed E-state index contributed by atoms with van der Waals surface area (Å²) in [6.07, 6.45) is 84.5. The quantitative estimate of drug-likeness (QED) is 0.0261. The highest BCUT2D eigenvalue weighted by Crippen LogP contribution is 2.13. The molecule has 73 heavy (non-hydrogen) atoms. The van der Waals surface area contributed by atoms with Crippen molar-refractivity contribution in [2.75, 3.05) is 13.2 Å². The van der Waals surface area contributed by atoms with Crippen molar-refractivity contribution in [3.63, 3.8) is 0 Å². The first-order chi connectivity index (χ1) is 36.0. The van der Waals surface area contributed by atoms with E-state index < -0.39 is 6.10 Å². The second-order valence-electron chi connectivity index (χ2n) is 19.2. The molecule has 0 aromatic heterocycles. The van der Waals surface area contributed by atoms with E-state index in [-0.39, 0.29) is 31.1 Å². The van der Waals surface area contributed by atoms with E-state index >= 15 is 0 Å². The van der Waals surface area contributed by atoms with Crippen molar-refractivity contribution < 1.29 is 28.6 Å². The van der Waals surface area contributed by atoms with E-state index in [4.69, 9.17) is 14.2 Å². The zero-order valence-corrected chi connectivity index (χ0v) is 47.1. The van der Waals surface area contributed by atoms with Crippen molar-refractivity contribution in [3.05, 3.63) is 134 Å². The molecule has 0 rings (SSSR count). The highest BCUT2D eigenvalue weighted by molar-refractivity contribution is 5.71. The number of esters is 3. The number of unbranched alkanes of at least 4 members (excludes halogenated alkanes) is 19. The smallest absolute Gasteiger partial charge is 0.306 e. The highest BCUT2D eigenvalue weighted by atomic mass is 16.6. The predicted octanol–water partition coefficient (Wildman–Crippen LogP) is 20.2. The summed E-state index contributed by atoms with van der Waals surface area (Å²) in [7, 11) is 0. The summed E-state index contributed by atoms with van der Waals surface area (Å²) in [5.41, 5.74) is 0. The van der Waals surface area contributed by atoms with Crippen LogP contribution in [0.1, 0.15) is 252 Å². The summed E-state index contributed by atoms with van der Waals surface area (Å²) >= 11 is 0. The second-order valence-corrected chi connectivity index (χ2v) is 19.2. The molecule has 0 bridgehead atoms. The molecule has 0 spiro atoms. The molecule has 0 aromatic rings. The molecule has 0 radical (unpaired) electrons.